The van der Waals surface area contributed by atoms with Gasteiger partial charge in [0.1, 0.15) is 18.2 Å². The molecule has 1 aromatic heterocycles. The van der Waals surface area contributed by atoms with Crippen molar-refractivity contribution in [2.75, 3.05) is 30.8 Å². The highest BCUT2D eigenvalue weighted by molar-refractivity contribution is 5.85. The van der Waals surface area contributed by atoms with Crippen LogP contribution in [0.1, 0.15) is 24.5 Å². The van der Waals surface area contributed by atoms with Crippen molar-refractivity contribution in [3.63, 3.8) is 0 Å². The Morgan fingerprint density at radius 1 is 1.16 bits per heavy atom. The molecule has 1 aliphatic rings. The molecular formula is C17H25Cl2N5O. The Balaban J connectivity index is 0.00000156. The van der Waals surface area contributed by atoms with E-state index in [-0.39, 0.29) is 30.9 Å². The maximum absolute atomic E-state index is 5.86. The van der Waals surface area contributed by atoms with Crippen molar-refractivity contribution in [2.45, 2.75) is 24.8 Å². The normalized spacial score (nSPS) is 18.3. The second kappa shape index (κ2) is 9.65. The molecule has 3 rings (SSSR count). The van der Waals surface area contributed by atoms with Gasteiger partial charge in [0.2, 0.25) is 5.95 Å². The van der Waals surface area contributed by atoms with Crippen LogP contribution >= 0.6 is 24.8 Å². The molecule has 1 heterocycles. The lowest BCUT2D eigenvalue weighted by Gasteiger charge is -2.32. The lowest BCUT2D eigenvalue weighted by Crippen LogP contribution is -2.35. The zero-order valence-corrected chi connectivity index (χ0v) is 15.8. The lowest BCUT2D eigenvalue weighted by atomic mass is 9.78. The van der Waals surface area contributed by atoms with Gasteiger partial charge in [0.05, 0.1) is 12.2 Å². The summed E-state index contributed by atoms with van der Waals surface area (Å²) in [6.45, 7) is 1.29. The van der Waals surface area contributed by atoms with Crippen LogP contribution in [0.15, 0.2) is 36.4 Å². The van der Waals surface area contributed by atoms with Crippen LogP contribution in [0.3, 0.4) is 0 Å². The summed E-state index contributed by atoms with van der Waals surface area (Å²) in [4.78, 5) is 10.7. The number of halogens is 2. The second-order valence-electron chi connectivity index (χ2n) is 6.02. The van der Waals surface area contributed by atoms with E-state index in [1.165, 1.54) is 0 Å². The molecule has 4 N–H and O–H groups in total. The second-order valence-corrected chi connectivity index (χ2v) is 6.02. The first-order valence-corrected chi connectivity index (χ1v) is 7.91. The van der Waals surface area contributed by atoms with Gasteiger partial charge in [0.15, 0.2) is 0 Å². The minimum atomic E-state index is 0. The molecule has 0 bridgehead atoms. The Hall–Kier alpha value is -1.76. The van der Waals surface area contributed by atoms with Gasteiger partial charge in [-0.2, -0.15) is 4.98 Å². The van der Waals surface area contributed by atoms with Crippen LogP contribution in [0, 0.1) is 0 Å². The van der Waals surface area contributed by atoms with E-state index >= 15 is 0 Å². The number of ether oxygens (including phenoxy) is 1. The first kappa shape index (κ1) is 21.3. The van der Waals surface area contributed by atoms with Crippen LogP contribution in [-0.2, 0) is 0 Å². The van der Waals surface area contributed by atoms with Crippen molar-refractivity contribution in [1.82, 2.24) is 9.97 Å². The summed E-state index contributed by atoms with van der Waals surface area (Å²) in [6.07, 6.45) is 1.94. The third-order valence-corrected chi connectivity index (χ3v) is 4.17. The van der Waals surface area contributed by atoms with Crippen molar-refractivity contribution in [3.05, 3.63) is 42.1 Å². The first-order chi connectivity index (χ1) is 11.1. The summed E-state index contributed by atoms with van der Waals surface area (Å²) in [6, 6.07) is 12.1. The fourth-order valence-electron chi connectivity index (χ4n) is 2.71. The fourth-order valence-corrected chi connectivity index (χ4v) is 2.71. The Bertz CT molecular complexity index is 653. The number of likely N-dealkylation sites (N-methyl/N-ethyl adjacent to an activating group) is 1. The number of para-hydroxylation sites is 1. The van der Waals surface area contributed by atoms with Gasteiger partial charge in [-0.05, 0) is 25.0 Å². The Morgan fingerprint density at radius 2 is 1.84 bits per heavy atom. The molecule has 1 fully saturated rings. The molecule has 0 amide bonds. The molecule has 0 unspecified atom stereocenters. The van der Waals surface area contributed by atoms with E-state index in [1.807, 2.05) is 48.3 Å². The molecule has 0 atom stereocenters. The van der Waals surface area contributed by atoms with Crippen LogP contribution in [0.2, 0.25) is 0 Å². The molecule has 2 aromatic rings. The monoisotopic (exact) mass is 385 g/mol. The Kier molecular flexibility index (Phi) is 8.22. The van der Waals surface area contributed by atoms with Gasteiger partial charge in [0.25, 0.3) is 0 Å². The Morgan fingerprint density at radius 3 is 2.48 bits per heavy atom. The van der Waals surface area contributed by atoms with E-state index in [9.17, 15) is 0 Å². The molecule has 6 nitrogen and oxygen atoms in total. The van der Waals surface area contributed by atoms with Crippen molar-refractivity contribution in [3.8, 4) is 5.75 Å². The summed E-state index contributed by atoms with van der Waals surface area (Å²) >= 11 is 0. The summed E-state index contributed by atoms with van der Waals surface area (Å²) in [5, 5.41) is 0. The highest BCUT2D eigenvalue weighted by atomic mass is 35.5. The van der Waals surface area contributed by atoms with Gasteiger partial charge in [0, 0.05) is 25.1 Å². The minimum absolute atomic E-state index is 0. The van der Waals surface area contributed by atoms with Gasteiger partial charge in [-0.3, -0.25) is 0 Å². The Labute approximate surface area is 160 Å². The first-order valence-electron chi connectivity index (χ1n) is 7.91. The molecule has 1 aromatic carbocycles. The van der Waals surface area contributed by atoms with Gasteiger partial charge in [-0.1, -0.05) is 18.2 Å². The number of benzene rings is 1. The van der Waals surface area contributed by atoms with Crippen LogP contribution in [0.25, 0.3) is 0 Å². The van der Waals surface area contributed by atoms with Crippen molar-refractivity contribution >= 4 is 36.6 Å². The van der Waals surface area contributed by atoms with E-state index in [0.29, 0.717) is 18.5 Å². The molecule has 138 valence electrons. The van der Waals surface area contributed by atoms with Crippen LogP contribution in [-0.4, -0.2) is 36.2 Å². The molecule has 0 radical (unpaired) electrons. The molecule has 1 saturated carbocycles. The van der Waals surface area contributed by atoms with Crippen LogP contribution in [0.5, 0.6) is 5.75 Å². The SMILES string of the molecule is CN(CCOc1ccccc1)c1cc(C2CC(N)C2)nc(N)n1.Cl.Cl. The number of rotatable bonds is 6. The van der Waals surface area contributed by atoms with Crippen molar-refractivity contribution in [2.24, 2.45) is 5.73 Å². The number of nitrogens with two attached hydrogens (primary N) is 2. The summed E-state index contributed by atoms with van der Waals surface area (Å²) < 4.78 is 5.72. The van der Waals surface area contributed by atoms with E-state index in [1.54, 1.807) is 0 Å². The zero-order chi connectivity index (χ0) is 16.2. The largest absolute Gasteiger partial charge is 0.492 e. The predicted molar refractivity (Wildman–Crippen MR) is 106 cm³/mol. The van der Waals surface area contributed by atoms with Gasteiger partial charge >= 0.3 is 0 Å². The molecular weight excluding hydrogens is 361 g/mol. The summed E-state index contributed by atoms with van der Waals surface area (Å²) in [7, 11) is 1.98. The molecule has 0 saturated heterocycles. The topological polar surface area (TPSA) is 90.3 Å². The van der Waals surface area contributed by atoms with Crippen LogP contribution < -0.4 is 21.1 Å². The highest BCUT2D eigenvalue weighted by Crippen LogP contribution is 2.35. The maximum atomic E-state index is 5.86. The van der Waals surface area contributed by atoms with Crippen molar-refractivity contribution < 1.29 is 4.74 Å². The molecule has 8 heteroatoms. The van der Waals surface area contributed by atoms with Crippen LogP contribution in [0.4, 0.5) is 11.8 Å². The van der Waals surface area contributed by atoms with Gasteiger partial charge < -0.3 is 21.1 Å². The van der Waals surface area contributed by atoms with Gasteiger partial charge in [-0.15, -0.1) is 24.8 Å². The van der Waals surface area contributed by atoms with Gasteiger partial charge in [-0.25, -0.2) is 4.98 Å². The standard InChI is InChI=1S/C17H23N5O.2ClH/c1-22(7-8-23-14-5-3-2-4-6-14)16-11-15(20-17(19)21-16)12-9-13(18)10-12;;/h2-6,11-13H,7-10,18H2,1H3,(H2,19,20,21);2*1H. The number of anilines is 2. The summed E-state index contributed by atoms with van der Waals surface area (Å²) in [5.74, 6) is 2.41. The van der Waals surface area contributed by atoms with Crippen molar-refractivity contribution in [1.29, 1.82) is 0 Å². The third kappa shape index (κ3) is 5.63. The van der Waals surface area contributed by atoms with E-state index in [4.69, 9.17) is 16.2 Å². The number of nitrogen functional groups attached to an aromatic ring is 1. The quantitative estimate of drug-likeness (QED) is 0.793. The highest BCUT2D eigenvalue weighted by Gasteiger charge is 2.29. The van der Waals surface area contributed by atoms with E-state index < -0.39 is 0 Å². The number of nitrogens with zero attached hydrogens (tertiary/aromatic N) is 3. The summed E-state index contributed by atoms with van der Waals surface area (Å²) in [5.41, 5.74) is 12.7. The average molecular weight is 386 g/mol. The van der Waals surface area contributed by atoms with E-state index in [2.05, 4.69) is 9.97 Å². The number of aromatic nitrogens is 2. The minimum Gasteiger partial charge on any atom is -0.492 e. The predicted octanol–water partition coefficient (Wildman–Crippen LogP) is 2.62. The number of hydrogen-bond acceptors (Lipinski definition) is 6. The third-order valence-electron chi connectivity index (χ3n) is 4.17. The molecule has 25 heavy (non-hydrogen) atoms. The lowest BCUT2D eigenvalue weighted by molar-refractivity contribution is 0.325. The number of hydrogen-bond donors (Lipinski definition) is 2. The molecule has 1 aliphatic carbocycles. The zero-order valence-electron chi connectivity index (χ0n) is 14.2. The van der Waals surface area contributed by atoms with E-state index in [0.717, 1.165) is 36.6 Å². The molecule has 0 spiro atoms. The smallest absolute Gasteiger partial charge is 0.222 e. The maximum Gasteiger partial charge on any atom is 0.222 e. The average Bonchev–Trinajstić information content (AvgIpc) is 2.52. The molecule has 0 aliphatic heterocycles. The fraction of sp³-hybridized carbons (Fsp3) is 0.412.